The average Bonchev–Trinajstić information content (AvgIpc) is 3.25. The SMILES string of the molecule is CC(c1ccccc1)c1ccc(N(c2cc(-c3cc(-c4ccccc4)cc(-c4ccccc4O)n3)cc(C(C)(C)c3ccccc3)c2)c2ccccn2)cc1. The summed E-state index contributed by atoms with van der Waals surface area (Å²) in [6.07, 6.45) is 1.84. The fraction of sp³-hybridized carbons (Fsp3) is 0.0980. The van der Waals surface area contributed by atoms with Crippen molar-refractivity contribution in [3.63, 3.8) is 0 Å². The molecule has 0 radical (unpaired) electrons. The largest absolute Gasteiger partial charge is 0.507 e. The molecule has 2 heterocycles. The average molecular weight is 714 g/mol. The number of phenolic OH excluding ortho intramolecular Hbond substituents is 1. The molecule has 0 spiro atoms. The van der Waals surface area contributed by atoms with Crippen molar-refractivity contribution in [2.75, 3.05) is 4.90 Å². The number of para-hydroxylation sites is 1. The van der Waals surface area contributed by atoms with E-state index >= 15 is 0 Å². The van der Waals surface area contributed by atoms with Gasteiger partial charge in [0.15, 0.2) is 0 Å². The van der Waals surface area contributed by atoms with E-state index in [1.165, 1.54) is 16.7 Å². The zero-order chi connectivity index (χ0) is 37.8. The van der Waals surface area contributed by atoms with E-state index in [0.717, 1.165) is 45.1 Å². The zero-order valence-electron chi connectivity index (χ0n) is 31.3. The van der Waals surface area contributed by atoms with Crippen molar-refractivity contribution in [3.05, 3.63) is 217 Å². The van der Waals surface area contributed by atoms with Crippen LogP contribution in [0.5, 0.6) is 5.75 Å². The van der Waals surface area contributed by atoms with Gasteiger partial charge in [-0.2, -0.15) is 0 Å². The van der Waals surface area contributed by atoms with E-state index in [1.54, 1.807) is 6.07 Å². The van der Waals surface area contributed by atoms with Gasteiger partial charge in [0.1, 0.15) is 11.6 Å². The quantitative estimate of drug-likeness (QED) is 0.153. The highest BCUT2D eigenvalue weighted by Gasteiger charge is 2.27. The number of benzene rings is 6. The zero-order valence-corrected chi connectivity index (χ0v) is 31.3. The summed E-state index contributed by atoms with van der Waals surface area (Å²) in [7, 11) is 0. The number of nitrogens with zero attached hydrogens (tertiary/aromatic N) is 3. The van der Waals surface area contributed by atoms with Crippen LogP contribution >= 0.6 is 0 Å². The van der Waals surface area contributed by atoms with Gasteiger partial charge < -0.3 is 5.11 Å². The fourth-order valence-electron chi connectivity index (χ4n) is 7.32. The Labute approximate surface area is 324 Å². The topological polar surface area (TPSA) is 49.2 Å². The Morgan fingerprint density at radius 1 is 0.509 bits per heavy atom. The molecule has 4 heteroatoms. The van der Waals surface area contributed by atoms with Crippen LogP contribution in [0, 0.1) is 0 Å². The predicted octanol–water partition coefficient (Wildman–Crippen LogP) is 13.1. The summed E-state index contributed by atoms with van der Waals surface area (Å²) in [6.45, 7) is 6.80. The van der Waals surface area contributed by atoms with Gasteiger partial charge in [-0.05, 0) is 100 Å². The summed E-state index contributed by atoms with van der Waals surface area (Å²) in [5, 5.41) is 11.0. The van der Waals surface area contributed by atoms with Crippen LogP contribution in [0.2, 0.25) is 0 Å². The number of aromatic hydroxyl groups is 1. The third kappa shape index (κ3) is 7.40. The maximum absolute atomic E-state index is 11.0. The van der Waals surface area contributed by atoms with E-state index < -0.39 is 0 Å². The highest BCUT2D eigenvalue weighted by Crippen LogP contribution is 2.42. The van der Waals surface area contributed by atoms with Crippen LogP contribution in [0.15, 0.2) is 194 Å². The van der Waals surface area contributed by atoms with Crippen LogP contribution in [-0.2, 0) is 5.41 Å². The van der Waals surface area contributed by atoms with Gasteiger partial charge in [-0.1, -0.05) is 142 Å². The first-order valence-electron chi connectivity index (χ1n) is 18.8. The van der Waals surface area contributed by atoms with Gasteiger partial charge in [-0.25, -0.2) is 9.97 Å². The summed E-state index contributed by atoms with van der Waals surface area (Å²) in [5.74, 6) is 1.26. The van der Waals surface area contributed by atoms with Crippen LogP contribution < -0.4 is 4.90 Å². The number of phenols is 1. The molecule has 0 aliphatic rings. The van der Waals surface area contributed by atoms with Crippen LogP contribution in [0.25, 0.3) is 33.6 Å². The first-order valence-corrected chi connectivity index (χ1v) is 18.8. The molecule has 1 N–H and O–H groups in total. The van der Waals surface area contributed by atoms with Crippen molar-refractivity contribution < 1.29 is 5.11 Å². The number of rotatable bonds is 10. The van der Waals surface area contributed by atoms with Gasteiger partial charge in [-0.15, -0.1) is 0 Å². The summed E-state index contributed by atoms with van der Waals surface area (Å²) < 4.78 is 0. The van der Waals surface area contributed by atoms with Gasteiger partial charge in [0.25, 0.3) is 0 Å². The summed E-state index contributed by atoms with van der Waals surface area (Å²) in [4.78, 5) is 12.4. The molecule has 55 heavy (non-hydrogen) atoms. The smallest absolute Gasteiger partial charge is 0.137 e. The van der Waals surface area contributed by atoms with Crippen LogP contribution in [0.3, 0.4) is 0 Å². The van der Waals surface area contributed by atoms with Crippen molar-refractivity contribution in [1.29, 1.82) is 0 Å². The maximum Gasteiger partial charge on any atom is 0.137 e. The summed E-state index contributed by atoms with van der Waals surface area (Å²) in [6, 6.07) is 64.9. The predicted molar refractivity (Wildman–Crippen MR) is 227 cm³/mol. The Morgan fingerprint density at radius 2 is 1.13 bits per heavy atom. The Kier molecular flexibility index (Phi) is 9.80. The Bertz CT molecular complexity index is 2520. The number of anilines is 3. The minimum absolute atomic E-state index is 0.192. The lowest BCUT2D eigenvalue weighted by molar-refractivity contribution is 0.477. The highest BCUT2D eigenvalue weighted by atomic mass is 16.3. The molecule has 0 saturated heterocycles. The first-order chi connectivity index (χ1) is 26.8. The molecular weight excluding hydrogens is 671 g/mol. The minimum atomic E-state index is -0.353. The van der Waals surface area contributed by atoms with Gasteiger partial charge >= 0.3 is 0 Å². The molecular formula is C51H43N3O. The molecule has 0 amide bonds. The van der Waals surface area contributed by atoms with Crippen molar-refractivity contribution in [2.24, 2.45) is 0 Å². The van der Waals surface area contributed by atoms with Gasteiger partial charge in [0, 0.05) is 40.0 Å². The Balaban J connectivity index is 1.34. The molecule has 1 atom stereocenters. The van der Waals surface area contributed by atoms with Crippen molar-refractivity contribution in [2.45, 2.75) is 32.1 Å². The third-order valence-electron chi connectivity index (χ3n) is 10.6. The molecule has 8 rings (SSSR count). The molecule has 0 aliphatic heterocycles. The molecule has 0 aliphatic carbocycles. The van der Waals surface area contributed by atoms with Crippen LogP contribution in [0.4, 0.5) is 17.2 Å². The van der Waals surface area contributed by atoms with E-state index in [9.17, 15) is 5.11 Å². The lowest BCUT2D eigenvalue weighted by Crippen LogP contribution is -2.20. The molecule has 8 aromatic rings. The second kappa shape index (κ2) is 15.3. The number of aromatic nitrogens is 2. The third-order valence-corrected chi connectivity index (χ3v) is 10.6. The summed E-state index contributed by atoms with van der Waals surface area (Å²) in [5.41, 5.74) is 11.7. The van der Waals surface area contributed by atoms with Crippen molar-refractivity contribution in [3.8, 4) is 39.4 Å². The molecule has 268 valence electrons. The van der Waals surface area contributed by atoms with E-state index in [0.29, 0.717) is 11.3 Å². The molecule has 6 aromatic carbocycles. The number of hydrogen-bond donors (Lipinski definition) is 1. The Morgan fingerprint density at radius 3 is 1.82 bits per heavy atom. The first kappa shape index (κ1) is 35.3. The second-order valence-electron chi connectivity index (χ2n) is 14.5. The van der Waals surface area contributed by atoms with Gasteiger partial charge in [0.2, 0.25) is 0 Å². The highest BCUT2D eigenvalue weighted by molar-refractivity contribution is 5.82. The maximum atomic E-state index is 11.0. The van der Waals surface area contributed by atoms with E-state index in [-0.39, 0.29) is 17.1 Å². The number of hydrogen-bond acceptors (Lipinski definition) is 4. The molecule has 4 nitrogen and oxygen atoms in total. The molecule has 2 aromatic heterocycles. The minimum Gasteiger partial charge on any atom is -0.507 e. The molecule has 1 unspecified atom stereocenters. The fourth-order valence-corrected chi connectivity index (χ4v) is 7.32. The lowest BCUT2D eigenvalue weighted by atomic mass is 9.77. The summed E-state index contributed by atoms with van der Waals surface area (Å²) >= 11 is 0. The van der Waals surface area contributed by atoms with Crippen LogP contribution in [0.1, 0.15) is 48.9 Å². The van der Waals surface area contributed by atoms with E-state index in [2.05, 4.69) is 159 Å². The molecule has 0 bridgehead atoms. The van der Waals surface area contributed by atoms with Gasteiger partial charge in [-0.3, -0.25) is 4.90 Å². The van der Waals surface area contributed by atoms with E-state index in [4.69, 9.17) is 9.97 Å². The Hall–Kier alpha value is -6.78. The monoisotopic (exact) mass is 713 g/mol. The normalized spacial score (nSPS) is 11.9. The standard InChI is InChI=1S/C51H43N3O/c1-36(37-17-7-4-8-18-37)38-26-28-44(29-27-38)54(50-25-15-16-30-52-50)45-32-41(31-43(35-45)51(2,3)42-21-11-6-12-22-42)47-33-40(39-19-9-5-10-20-39)34-48(53-47)46-23-13-14-24-49(46)55/h4-36,55H,1-3H3. The molecule has 0 fully saturated rings. The van der Waals surface area contributed by atoms with Crippen molar-refractivity contribution >= 4 is 17.2 Å². The second-order valence-corrected chi connectivity index (χ2v) is 14.5. The van der Waals surface area contributed by atoms with Crippen LogP contribution in [-0.4, -0.2) is 15.1 Å². The lowest BCUT2D eigenvalue weighted by Gasteiger charge is -2.30. The molecule has 0 saturated carbocycles. The number of pyridine rings is 2. The van der Waals surface area contributed by atoms with E-state index in [1.807, 2.05) is 54.7 Å². The van der Waals surface area contributed by atoms with Gasteiger partial charge in [0.05, 0.1) is 11.4 Å². The van der Waals surface area contributed by atoms with Crippen molar-refractivity contribution in [1.82, 2.24) is 9.97 Å².